The third kappa shape index (κ3) is 3.81. The zero-order valence-electron chi connectivity index (χ0n) is 12.5. The summed E-state index contributed by atoms with van der Waals surface area (Å²) in [7, 11) is 0. The number of aromatic nitrogens is 1. The summed E-state index contributed by atoms with van der Waals surface area (Å²) in [5, 5.41) is 4.62. The van der Waals surface area contributed by atoms with E-state index in [1.807, 2.05) is 39.1 Å². The average Bonchev–Trinajstić information content (AvgIpc) is 2.82. The highest BCUT2D eigenvalue weighted by molar-refractivity contribution is 7.11. The monoisotopic (exact) mass is 290 g/mol. The minimum atomic E-state index is 0.182. The van der Waals surface area contributed by atoms with E-state index in [2.05, 4.69) is 29.4 Å². The normalized spacial score (nSPS) is 12.7. The highest BCUT2D eigenvalue weighted by atomic mass is 32.1. The summed E-state index contributed by atoms with van der Waals surface area (Å²) in [5.74, 6) is 0.918. The number of benzene rings is 1. The molecular weight excluding hydrogens is 268 g/mol. The van der Waals surface area contributed by atoms with Crippen molar-refractivity contribution < 1.29 is 4.74 Å². The Labute approximate surface area is 125 Å². The van der Waals surface area contributed by atoms with Gasteiger partial charge in [-0.3, -0.25) is 0 Å². The van der Waals surface area contributed by atoms with E-state index < -0.39 is 0 Å². The lowest BCUT2D eigenvalue weighted by Gasteiger charge is -2.18. The van der Waals surface area contributed by atoms with Crippen molar-refractivity contribution in [2.24, 2.45) is 0 Å². The molecule has 3 nitrogen and oxygen atoms in total. The zero-order chi connectivity index (χ0) is 14.5. The first kappa shape index (κ1) is 15.0. The number of hydrogen-bond acceptors (Lipinski definition) is 4. The van der Waals surface area contributed by atoms with Crippen LogP contribution in [0.2, 0.25) is 0 Å². The summed E-state index contributed by atoms with van der Waals surface area (Å²) in [6, 6.07) is 8.48. The second-order valence-corrected chi connectivity index (χ2v) is 6.28. The Bertz CT molecular complexity index is 551. The van der Waals surface area contributed by atoms with Crippen LogP contribution in [0.1, 0.15) is 42.3 Å². The summed E-state index contributed by atoms with van der Waals surface area (Å²) in [4.78, 5) is 5.61. The van der Waals surface area contributed by atoms with Gasteiger partial charge in [-0.05, 0) is 45.0 Å². The molecule has 0 amide bonds. The van der Waals surface area contributed by atoms with Crippen LogP contribution in [0.15, 0.2) is 30.5 Å². The predicted octanol–water partition coefficient (Wildman–Crippen LogP) is 3.94. The van der Waals surface area contributed by atoms with Gasteiger partial charge in [0.05, 0.1) is 17.2 Å². The molecule has 0 bridgehead atoms. The summed E-state index contributed by atoms with van der Waals surface area (Å²) < 4.78 is 5.78. The van der Waals surface area contributed by atoms with Crippen molar-refractivity contribution in [3.05, 3.63) is 45.9 Å². The Balaban J connectivity index is 2.29. The van der Waals surface area contributed by atoms with Crippen LogP contribution in [-0.4, -0.2) is 17.6 Å². The van der Waals surface area contributed by atoms with Gasteiger partial charge in [0.1, 0.15) is 5.75 Å². The summed E-state index contributed by atoms with van der Waals surface area (Å²) in [5.41, 5.74) is 1.22. The lowest BCUT2D eigenvalue weighted by Crippen LogP contribution is -2.21. The van der Waals surface area contributed by atoms with Gasteiger partial charge >= 0.3 is 0 Å². The van der Waals surface area contributed by atoms with E-state index in [0.29, 0.717) is 0 Å². The van der Waals surface area contributed by atoms with Crippen LogP contribution in [0.25, 0.3) is 0 Å². The highest BCUT2D eigenvalue weighted by Crippen LogP contribution is 2.29. The minimum absolute atomic E-state index is 0.182. The average molecular weight is 290 g/mol. The Morgan fingerprint density at radius 1 is 1.35 bits per heavy atom. The first-order chi connectivity index (χ1) is 9.60. The van der Waals surface area contributed by atoms with Crippen LogP contribution in [0, 0.1) is 6.92 Å². The molecule has 0 aliphatic carbocycles. The van der Waals surface area contributed by atoms with Crippen molar-refractivity contribution in [3.8, 4) is 5.75 Å². The van der Waals surface area contributed by atoms with Gasteiger partial charge in [0, 0.05) is 11.1 Å². The van der Waals surface area contributed by atoms with Crippen LogP contribution in [0.3, 0.4) is 0 Å². The molecular formula is C16H22N2OS. The predicted molar refractivity (Wildman–Crippen MR) is 84.6 cm³/mol. The molecule has 1 aromatic heterocycles. The van der Waals surface area contributed by atoms with Crippen molar-refractivity contribution in [1.82, 2.24) is 10.3 Å². The van der Waals surface area contributed by atoms with Crippen LogP contribution in [0.5, 0.6) is 5.75 Å². The quantitative estimate of drug-likeness (QED) is 0.875. The Morgan fingerprint density at radius 3 is 2.75 bits per heavy atom. The number of thiazole rings is 1. The molecule has 0 saturated carbocycles. The molecule has 1 atom stereocenters. The number of hydrogen-bond donors (Lipinski definition) is 1. The van der Waals surface area contributed by atoms with Gasteiger partial charge in [0.2, 0.25) is 0 Å². The topological polar surface area (TPSA) is 34.1 Å². The Hall–Kier alpha value is -1.39. The van der Waals surface area contributed by atoms with Gasteiger partial charge in [0.25, 0.3) is 0 Å². The van der Waals surface area contributed by atoms with Crippen molar-refractivity contribution in [1.29, 1.82) is 0 Å². The molecule has 0 aliphatic rings. The van der Waals surface area contributed by atoms with Crippen molar-refractivity contribution in [2.75, 3.05) is 6.54 Å². The maximum atomic E-state index is 5.78. The first-order valence-corrected chi connectivity index (χ1v) is 7.84. The number of rotatable bonds is 6. The SMILES string of the molecule is CCNC(c1cccc(OC(C)C)c1)c1cnc(C)s1. The fourth-order valence-electron chi connectivity index (χ4n) is 2.14. The molecule has 0 spiro atoms. The lowest BCUT2D eigenvalue weighted by atomic mass is 10.1. The fourth-order valence-corrected chi connectivity index (χ4v) is 3.03. The standard InChI is InChI=1S/C16H22N2OS/c1-5-17-16(15-10-18-12(4)20-15)13-7-6-8-14(9-13)19-11(2)3/h6-11,16-17H,5H2,1-4H3. The van der Waals surface area contributed by atoms with Gasteiger partial charge in [-0.2, -0.15) is 0 Å². The summed E-state index contributed by atoms with van der Waals surface area (Å²) in [6.07, 6.45) is 2.15. The second kappa shape index (κ2) is 6.86. The van der Waals surface area contributed by atoms with E-state index >= 15 is 0 Å². The largest absolute Gasteiger partial charge is 0.491 e. The second-order valence-electron chi connectivity index (χ2n) is 5.01. The van der Waals surface area contributed by atoms with E-state index in [-0.39, 0.29) is 12.1 Å². The molecule has 1 aromatic carbocycles. The van der Waals surface area contributed by atoms with Crippen LogP contribution in [0.4, 0.5) is 0 Å². The number of nitrogens with zero attached hydrogens (tertiary/aromatic N) is 1. The maximum Gasteiger partial charge on any atom is 0.120 e. The van der Waals surface area contributed by atoms with Crippen molar-refractivity contribution >= 4 is 11.3 Å². The van der Waals surface area contributed by atoms with E-state index in [9.17, 15) is 0 Å². The maximum absolute atomic E-state index is 5.78. The number of nitrogens with one attached hydrogen (secondary N) is 1. The molecule has 0 saturated heterocycles. The highest BCUT2D eigenvalue weighted by Gasteiger charge is 2.16. The van der Waals surface area contributed by atoms with Gasteiger partial charge in [-0.1, -0.05) is 19.1 Å². The molecule has 1 heterocycles. The van der Waals surface area contributed by atoms with Gasteiger partial charge < -0.3 is 10.1 Å². The zero-order valence-corrected chi connectivity index (χ0v) is 13.3. The van der Waals surface area contributed by atoms with Crippen LogP contribution < -0.4 is 10.1 Å². The van der Waals surface area contributed by atoms with Gasteiger partial charge in [0.15, 0.2) is 0 Å². The van der Waals surface area contributed by atoms with Crippen molar-refractivity contribution in [2.45, 2.75) is 39.8 Å². The molecule has 108 valence electrons. The van der Waals surface area contributed by atoms with E-state index in [4.69, 9.17) is 4.74 Å². The third-order valence-corrected chi connectivity index (χ3v) is 3.87. The minimum Gasteiger partial charge on any atom is -0.491 e. The smallest absolute Gasteiger partial charge is 0.120 e. The molecule has 1 N–H and O–H groups in total. The fraction of sp³-hybridized carbons (Fsp3) is 0.438. The van der Waals surface area contributed by atoms with Crippen LogP contribution >= 0.6 is 11.3 Å². The molecule has 2 rings (SSSR count). The lowest BCUT2D eigenvalue weighted by molar-refractivity contribution is 0.242. The summed E-state index contributed by atoms with van der Waals surface area (Å²) >= 11 is 1.74. The molecule has 4 heteroatoms. The molecule has 2 aromatic rings. The Morgan fingerprint density at radius 2 is 2.15 bits per heavy atom. The van der Waals surface area contributed by atoms with E-state index in [1.165, 1.54) is 10.4 Å². The summed E-state index contributed by atoms with van der Waals surface area (Å²) in [6.45, 7) is 9.16. The van der Waals surface area contributed by atoms with Gasteiger partial charge in [-0.25, -0.2) is 4.98 Å². The van der Waals surface area contributed by atoms with Crippen molar-refractivity contribution in [3.63, 3.8) is 0 Å². The van der Waals surface area contributed by atoms with E-state index in [0.717, 1.165) is 17.3 Å². The van der Waals surface area contributed by atoms with Crippen LogP contribution in [-0.2, 0) is 0 Å². The van der Waals surface area contributed by atoms with Gasteiger partial charge in [-0.15, -0.1) is 11.3 Å². The number of ether oxygens (including phenoxy) is 1. The Kier molecular flexibility index (Phi) is 5.15. The third-order valence-electron chi connectivity index (χ3n) is 2.90. The molecule has 0 aliphatic heterocycles. The molecule has 0 fully saturated rings. The first-order valence-electron chi connectivity index (χ1n) is 7.02. The molecule has 1 unspecified atom stereocenters. The van der Waals surface area contributed by atoms with E-state index in [1.54, 1.807) is 11.3 Å². The molecule has 20 heavy (non-hydrogen) atoms. The number of aryl methyl sites for hydroxylation is 1. The molecule has 0 radical (unpaired) electrons.